The van der Waals surface area contributed by atoms with E-state index in [1.807, 2.05) is 0 Å². The SMILES string of the molecule is CC1(c2cc(-c3ccc(-c4ccc(N(c5ccccc5)c5cccc6ccccc56)cc4)cc3)cc3oc4ccccc4c23)c2ccccc2-c2ccccc21. The Morgan fingerprint density at radius 2 is 0.929 bits per heavy atom. The fourth-order valence-electron chi connectivity index (χ4n) is 9.22. The molecule has 56 heavy (non-hydrogen) atoms. The van der Waals surface area contributed by atoms with E-state index in [2.05, 4.69) is 218 Å². The standard InChI is InChI=1S/C54H37NO/c1-54(47-22-10-7-19-44(47)45-20-8-11-23-48(45)54)49-34-40(35-52-53(49)46-21-9-12-25-51(46)56-52)38-28-26-36(27-29-38)37-30-32-42(33-31-37)55(41-16-3-2-4-17-41)50-24-13-15-39-14-5-6-18-43(39)50/h2-35H,1H3. The maximum atomic E-state index is 6.64. The van der Waals surface area contributed by atoms with Crippen LogP contribution in [0.3, 0.4) is 0 Å². The summed E-state index contributed by atoms with van der Waals surface area (Å²) in [6.07, 6.45) is 0. The predicted molar refractivity (Wildman–Crippen MR) is 234 cm³/mol. The van der Waals surface area contributed by atoms with Crippen molar-refractivity contribution >= 4 is 49.8 Å². The van der Waals surface area contributed by atoms with Crippen LogP contribution in [0.2, 0.25) is 0 Å². The van der Waals surface area contributed by atoms with E-state index < -0.39 is 0 Å². The van der Waals surface area contributed by atoms with Crippen molar-refractivity contribution < 1.29 is 4.42 Å². The van der Waals surface area contributed by atoms with Crippen molar-refractivity contribution in [2.24, 2.45) is 0 Å². The third-order valence-corrected chi connectivity index (χ3v) is 11.9. The molecule has 0 fully saturated rings. The first-order valence-corrected chi connectivity index (χ1v) is 19.3. The summed E-state index contributed by atoms with van der Waals surface area (Å²) in [7, 11) is 0. The Kier molecular flexibility index (Phi) is 7.33. The molecule has 2 nitrogen and oxygen atoms in total. The number of rotatable bonds is 6. The molecule has 0 spiro atoms. The highest BCUT2D eigenvalue weighted by molar-refractivity contribution is 6.09. The highest BCUT2D eigenvalue weighted by Gasteiger charge is 2.42. The fourth-order valence-corrected chi connectivity index (χ4v) is 9.22. The van der Waals surface area contributed by atoms with Gasteiger partial charge in [0, 0.05) is 32.9 Å². The van der Waals surface area contributed by atoms with Gasteiger partial charge in [-0.3, -0.25) is 0 Å². The third-order valence-electron chi connectivity index (χ3n) is 11.9. The van der Waals surface area contributed by atoms with E-state index in [4.69, 9.17) is 4.42 Å². The zero-order chi connectivity index (χ0) is 37.2. The summed E-state index contributed by atoms with van der Waals surface area (Å²) in [4.78, 5) is 2.35. The van der Waals surface area contributed by atoms with Crippen LogP contribution in [0.25, 0.3) is 66.1 Å². The van der Waals surface area contributed by atoms with Crippen molar-refractivity contribution in [3.05, 3.63) is 223 Å². The zero-order valence-corrected chi connectivity index (χ0v) is 31.0. The molecule has 0 atom stereocenters. The van der Waals surface area contributed by atoms with Crippen LogP contribution in [-0.2, 0) is 5.41 Å². The molecule has 264 valence electrons. The zero-order valence-electron chi connectivity index (χ0n) is 31.0. The lowest BCUT2D eigenvalue weighted by Crippen LogP contribution is -2.22. The second-order valence-corrected chi connectivity index (χ2v) is 15.0. The van der Waals surface area contributed by atoms with E-state index in [0.717, 1.165) is 44.7 Å². The number of hydrogen-bond acceptors (Lipinski definition) is 2. The lowest BCUT2D eigenvalue weighted by Gasteiger charge is -2.29. The molecule has 0 aliphatic heterocycles. The van der Waals surface area contributed by atoms with Gasteiger partial charge in [-0.1, -0.05) is 158 Å². The Morgan fingerprint density at radius 3 is 1.64 bits per heavy atom. The molecule has 1 aromatic heterocycles. The number of fused-ring (bicyclic) bond motifs is 7. The summed E-state index contributed by atoms with van der Waals surface area (Å²) in [5, 5.41) is 4.78. The molecule has 0 saturated heterocycles. The number of benzene rings is 9. The first kappa shape index (κ1) is 32.3. The van der Waals surface area contributed by atoms with Gasteiger partial charge in [0.1, 0.15) is 11.2 Å². The van der Waals surface area contributed by atoms with Crippen molar-refractivity contribution in [1.82, 2.24) is 0 Å². The van der Waals surface area contributed by atoms with Crippen LogP contribution in [0.1, 0.15) is 23.6 Å². The Bertz CT molecular complexity index is 3030. The first-order valence-electron chi connectivity index (χ1n) is 19.3. The first-order chi connectivity index (χ1) is 27.6. The van der Waals surface area contributed by atoms with Crippen molar-refractivity contribution in [2.45, 2.75) is 12.3 Å². The maximum absolute atomic E-state index is 6.64. The van der Waals surface area contributed by atoms with Crippen molar-refractivity contribution in [2.75, 3.05) is 4.90 Å². The Labute approximate surface area is 326 Å². The van der Waals surface area contributed by atoms with E-state index in [1.165, 1.54) is 55.1 Å². The second-order valence-electron chi connectivity index (χ2n) is 15.0. The molecule has 1 heterocycles. The lowest BCUT2D eigenvalue weighted by molar-refractivity contribution is 0.666. The van der Waals surface area contributed by atoms with Crippen LogP contribution in [0.5, 0.6) is 0 Å². The van der Waals surface area contributed by atoms with Gasteiger partial charge >= 0.3 is 0 Å². The summed E-state index contributed by atoms with van der Waals surface area (Å²) in [6, 6.07) is 74.6. The molecular weight excluding hydrogens is 679 g/mol. The van der Waals surface area contributed by atoms with Gasteiger partial charge in [-0.25, -0.2) is 0 Å². The molecule has 0 unspecified atom stereocenters. The van der Waals surface area contributed by atoms with Gasteiger partial charge < -0.3 is 9.32 Å². The van der Waals surface area contributed by atoms with Gasteiger partial charge in [0.05, 0.1) is 5.69 Å². The Balaban J connectivity index is 0.998. The van der Waals surface area contributed by atoms with E-state index in [1.54, 1.807) is 0 Å². The minimum Gasteiger partial charge on any atom is -0.456 e. The second kappa shape index (κ2) is 12.7. The average molecular weight is 716 g/mol. The van der Waals surface area contributed by atoms with Crippen LogP contribution in [0, 0.1) is 0 Å². The van der Waals surface area contributed by atoms with Gasteiger partial charge in [-0.2, -0.15) is 0 Å². The Morgan fingerprint density at radius 1 is 0.393 bits per heavy atom. The maximum Gasteiger partial charge on any atom is 0.136 e. The fraction of sp³-hybridized carbons (Fsp3) is 0.0370. The summed E-state index contributed by atoms with van der Waals surface area (Å²) >= 11 is 0. The van der Waals surface area contributed by atoms with Gasteiger partial charge in [0.15, 0.2) is 0 Å². The van der Waals surface area contributed by atoms with Crippen LogP contribution in [0.4, 0.5) is 17.1 Å². The van der Waals surface area contributed by atoms with Gasteiger partial charge in [0.2, 0.25) is 0 Å². The van der Waals surface area contributed by atoms with E-state index >= 15 is 0 Å². The molecule has 1 aliphatic rings. The molecule has 0 amide bonds. The number of anilines is 3. The number of furan rings is 1. The minimum absolute atomic E-state index is 0.366. The van der Waals surface area contributed by atoms with E-state index in [0.29, 0.717) is 0 Å². The summed E-state index contributed by atoms with van der Waals surface area (Å²) in [5.41, 5.74) is 16.0. The van der Waals surface area contributed by atoms with Crippen LogP contribution >= 0.6 is 0 Å². The number of hydrogen-bond donors (Lipinski definition) is 0. The molecule has 0 N–H and O–H groups in total. The molecular formula is C54H37NO. The summed E-state index contributed by atoms with van der Waals surface area (Å²) < 4.78 is 6.64. The molecule has 0 saturated carbocycles. The largest absolute Gasteiger partial charge is 0.456 e. The van der Waals surface area contributed by atoms with Crippen molar-refractivity contribution in [1.29, 1.82) is 0 Å². The molecule has 0 radical (unpaired) electrons. The summed E-state index contributed by atoms with van der Waals surface area (Å²) in [6.45, 7) is 2.39. The highest BCUT2D eigenvalue weighted by atomic mass is 16.3. The topological polar surface area (TPSA) is 16.4 Å². The Hall–Kier alpha value is -7.16. The number of para-hydroxylation sites is 2. The van der Waals surface area contributed by atoms with E-state index in [9.17, 15) is 0 Å². The molecule has 9 aromatic carbocycles. The van der Waals surface area contributed by atoms with Crippen LogP contribution < -0.4 is 4.90 Å². The average Bonchev–Trinajstić information content (AvgIpc) is 3.77. The predicted octanol–water partition coefficient (Wildman–Crippen LogP) is 14.9. The third kappa shape index (κ3) is 4.96. The molecule has 1 aliphatic carbocycles. The monoisotopic (exact) mass is 715 g/mol. The summed E-state index contributed by atoms with van der Waals surface area (Å²) in [5.74, 6) is 0. The van der Waals surface area contributed by atoms with Gasteiger partial charge in [-0.15, -0.1) is 0 Å². The van der Waals surface area contributed by atoms with Crippen molar-refractivity contribution in [3.63, 3.8) is 0 Å². The minimum atomic E-state index is -0.366. The molecule has 0 bridgehead atoms. The molecule has 10 aromatic rings. The highest BCUT2D eigenvalue weighted by Crippen LogP contribution is 2.55. The quantitative estimate of drug-likeness (QED) is 0.170. The lowest BCUT2D eigenvalue weighted by atomic mass is 9.72. The normalized spacial score (nSPS) is 12.9. The van der Waals surface area contributed by atoms with E-state index in [-0.39, 0.29) is 5.41 Å². The molecule has 2 heteroatoms. The number of nitrogens with zero attached hydrogens (tertiary/aromatic N) is 1. The smallest absolute Gasteiger partial charge is 0.136 e. The van der Waals surface area contributed by atoms with Gasteiger partial charge in [-0.05, 0) is 111 Å². The van der Waals surface area contributed by atoms with Crippen molar-refractivity contribution in [3.8, 4) is 33.4 Å². The van der Waals surface area contributed by atoms with Crippen LogP contribution in [0.15, 0.2) is 211 Å². The molecule has 11 rings (SSSR count). The van der Waals surface area contributed by atoms with Crippen LogP contribution in [-0.4, -0.2) is 0 Å². The van der Waals surface area contributed by atoms with Gasteiger partial charge in [0.25, 0.3) is 0 Å².